The predicted octanol–water partition coefficient (Wildman–Crippen LogP) is 2.64. The van der Waals surface area contributed by atoms with Crippen LogP contribution in [-0.2, 0) is 4.74 Å². The molecule has 110 valence electrons. The zero-order chi connectivity index (χ0) is 15.2. The van der Waals surface area contributed by atoms with Gasteiger partial charge in [0.25, 0.3) is 0 Å². The fourth-order valence-electron chi connectivity index (χ4n) is 1.70. The second kappa shape index (κ2) is 6.60. The van der Waals surface area contributed by atoms with Gasteiger partial charge >= 0.3 is 5.97 Å². The molecule has 6 heteroatoms. The topological polar surface area (TPSA) is 83.7 Å². The molecule has 1 aromatic heterocycles. The predicted molar refractivity (Wildman–Crippen MR) is 77.7 cm³/mol. The van der Waals surface area contributed by atoms with E-state index in [0.29, 0.717) is 11.5 Å². The molecule has 0 radical (unpaired) electrons. The highest BCUT2D eigenvalue weighted by Gasteiger charge is 2.16. The zero-order valence-corrected chi connectivity index (χ0v) is 11.8. The maximum Gasteiger partial charge on any atom is 0.340 e. The number of nitrogen functional groups attached to an aromatic ring is 1. The lowest BCUT2D eigenvalue weighted by atomic mass is 10.2. The van der Waals surface area contributed by atoms with Crippen molar-refractivity contribution in [2.75, 3.05) is 19.5 Å². The quantitative estimate of drug-likeness (QED) is 0.851. The van der Waals surface area contributed by atoms with Gasteiger partial charge in [-0.3, -0.25) is 0 Å². The molecule has 0 aliphatic rings. The fourth-order valence-corrected chi connectivity index (χ4v) is 1.70. The third-order valence-electron chi connectivity index (χ3n) is 2.70. The van der Waals surface area contributed by atoms with Crippen molar-refractivity contribution in [2.24, 2.45) is 0 Å². The van der Waals surface area contributed by atoms with E-state index in [-0.39, 0.29) is 23.7 Å². The van der Waals surface area contributed by atoms with Crippen molar-refractivity contribution in [3.63, 3.8) is 0 Å². The molecule has 0 atom stereocenters. The van der Waals surface area contributed by atoms with Crippen molar-refractivity contribution >= 4 is 11.7 Å². The number of nitrogens with zero attached hydrogens (tertiary/aromatic N) is 1. The van der Waals surface area contributed by atoms with Crippen LogP contribution >= 0.6 is 0 Å². The van der Waals surface area contributed by atoms with Crippen molar-refractivity contribution in [2.45, 2.75) is 6.92 Å². The highest BCUT2D eigenvalue weighted by Crippen LogP contribution is 2.29. The lowest BCUT2D eigenvalue weighted by Crippen LogP contribution is -2.09. The standard InChI is InChI=1S/C15H16N2O4/c1-3-20-15(18)12-7-8-17-14(13(12)16)21-11-6-4-5-10(9-11)19-2/h4-9H,3,16H2,1-2H3. The van der Waals surface area contributed by atoms with Crippen molar-refractivity contribution < 1.29 is 19.0 Å². The largest absolute Gasteiger partial charge is 0.497 e. The molecular weight excluding hydrogens is 272 g/mol. The Morgan fingerprint density at radius 3 is 2.76 bits per heavy atom. The Balaban J connectivity index is 2.28. The number of benzene rings is 1. The van der Waals surface area contributed by atoms with Crippen molar-refractivity contribution in [3.05, 3.63) is 42.1 Å². The van der Waals surface area contributed by atoms with Crippen molar-refractivity contribution in [1.82, 2.24) is 4.98 Å². The van der Waals surface area contributed by atoms with Gasteiger partial charge in [0, 0.05) is 12.3 Å². The Kier molecular flexibility index (Phi) is 4.61. The van der Waals surface area contributed by atoms with Crippen LogP contribution in [0, 0.1) is 0 Å². The average molecular weight is 288 g/mol. The van der Waals surface area contributed by atoms with Gasteiger partial charge in [-0.25, -0.2) is 9.78 Å². The minimum atomic E-state index is -0.507. The number of carbonyl (C=O) groups excluding carboxylic acids is 1. The molecule has 1 heterocycles. The van der Waals surface area contributed by atoms with Crippen LogP contribution in [0.1, 0.15) is 17.3 Å². The summed E-state index contributed by atoms with van der Waals surface area (Å²) < 4.78 is 15.6. The fraction of sp³-hybridized carbons (Fsp3) is 0.200. The van der Waals surface area contributed by atoms with Gasteiger partial charge in [-0.1, -0.05) is 6.07 Å². The van der Waals surface area contributed by atoms with Gasteiger partial charge in [0.2, 0.25) is 5.88 Å². The third kappa shape index (κ3) is 3.42. The van der Waals surface area contributed by atoms with E-state index in [1.807, 2.05) is 0 Å². The molecule has 0 fully saturated rings. The summed E-state index contributed by atoms with van der Waals surface area (Å²) in [5.74, 6) is 0.795. The molecule has 1 aromatic carbocycles. The summed E-state index contributed by atoms with van der Waals surface area (Å²) in [5, 5.41) is 0. The molecule has 0 saturated heterocycles. The molecule has 2 N–H and O–H groups in total. The summed E-state index contributed by atoms with van der Waals surface area (Å²) in [5.41, 5.74) is 6.28. The van der Waals surface area contributed by atoms with Crippen LogP contribution in [0.2, 0.25) is 0 Å². The van der Waals surface area contributed by atoms with Crippen LogP contribution in [0.25, 0.3) is 0 Å². The van der Waals surface area contributed by atoms with Crippen LogP contribution in [-0.4, -0.2) is 24.7 Å². The zero-order valence-electron chi connectivity index (χ0n) is 11.8. The summed E-state index contributed by atoms with van der Waals surface area (Å²) in [6.07, 6.45) is 1.44. The van der Waals surface area contributed by atoms with Crippen LogP contribution in [0.3, 0.4) is 0 Å². The number of rotatable bonds is 5. The molecule has 0 saturated carbocycles. The van der Waals surface area contributed by atoms with E-state index >= 15 is 0 Å². The molecule has 6 nitrogen and oxygen atoms in total. The lowest BCUT2D eigenvalue weighted by Gasteiger charge is -2.11. The van der Waals surface area contributed by atoms with Crippen LogP contribution in [0.15, 0.2) is 36.5 Å². The van der Waals surface area contributed by atoms with Gasteiger partial charge in [0.15, 0.2) is 0 Å². The Bertz CT molecular complexity index is 643. The molecular formula is C15H16N2O4. The first kappa shape index (κ1) is 14.6. The third-order valence-corrected chi connectivity index (χ3v) is 2.70. The van der Waals surface area contributed by atoms with E-state index in [1.165, 1.54) is 12.3 Å². The van der Waals surface area contributed by atoms with Gasteiger partial charge < -0.3 is 19.9 Å². The van der Waals surface area contributed by atoms with E-state index in [0.717, 1.165) is 0 Å². The second-order valence-electron chi connectivity index (χ2n) is 4.08. The molecule has 0 bridgehead atoms. The summed E-state index contributed by atoms with van der Waals surface area (Å²) in [6, 6.07) is 8.49. The summed E-state index contributed by atoms with van der Waals surface area (Å²) in [6.45, 7) is 2.00. The number of methoxy groups -OCH3 is 1. The Morgan fingerprint density at radius 1 is 1.29 bits per heavy atom. The van der Waals surface area contributed by atoms with E-state index in [2.05, 4.69) is 4.98 Å². The van der Waals surface area contributed by atoms with E-state index in [4.69, 9.17) is 19.9 Å². The molecule has 2 rings (SSSR count). The van der Waals surface area contributed by atoms with Gasteiger partial charge in [0.05, 0.1) is 19.3 Å². The van der Waals surface area contributed by atoms with Gasteiger partial charge in [-0.2, -0.15) is 0 Å². The minimum Gasteiger partial charge on any atom is -0.497 e. The molecule has 2 aromatic rings. The summed E-state index contributed by atoms with van der Waals surface area (Å²) in [4.78, 5) is 15.8. The molecule has 0 spiro atoms. The smallest absolute Gasteiger partial charge is 0.340 e. The monoisotopic (exact) mass is 288 g/mol. The Hall–Kier alpha value is -2.76. The van der Waals surface area contributed by atoms with Gasteiger partial charge in [0.1, 0.15) is 17.2 Å². The molecule has 0 aliphatic carbocycles. The summed E-state index contributed by atoms with van der Waals surface area (Å²) >= 11 is 0. The van der Waals surface area contributed by atoms with E-state index in [9.17, 15) is 4.79 Å². The number of pyridine rings is 1. The van der Waals surface area contributed by atoms with Crippen LogP contribution in [0.5, 0.6) is 17.4 Å². The number of aromatic nitrogens is 1. The number of carbonyl (C=O) groups is 1. The number of ether oxygens (including phenoxy) is 3. The Morgan fingerprint density at radius 2 is 2.05 bits per heavy atom. The molecule has 0 aliphatic heterocycles. The number of anilines is 1. The number of hydrogen-bond donors (Lipinski definition) is 1. The van der Waals surface area contributed by atoms with E-state index < -0.39 is 5.97 Å². The number of hydrogen-bond acceptors (Lipinski definition) is 6. The maximum atomic E-state index is 11.8. The molecule has 0 unspecified atom stereocenters. The number of esters is 1. The van der Waals surface area contributed by atoms with Gasteiger partial charge in [-0.05, 0) is 25.1 Å². The Labute approximate surface area is 122 Å². The van der Waals surface area contributed by atoms with Crippen molar-refractivity contribution in [1.29, 1.82) is 0 Å². The first-order valence-corrected chi connectivity index (χ1v) is 6.39. The first-order valence-electron chi connectivity index (χ1n) is 6.39. The first-order chi connectivity index (χ1) is 10.2. The minimum absolute atomic E-state index is 0.138. The maximum absolute atomic E-state index is 11.8. The van der Waals surface area contributed by atoms with E-state index in [1.54, 1.807) is 38.3 Å². The van der Waals surface area contributed by atoms with Crippen molar-refractivity contribution in [3.8, 4) is 17.4 Å². The normalized spacial score (nSPS) is 10.0. The highest BCUT2D eigenvalue weighted by atomic mass is 16.5. The molecule has 21 heavy (non-hydrogen) atoms. The lowest BCUT2D eigenvalue weighted by molar-refractivity contribution is 0.0527. The van der Waals surface area contributed by atoms with Crippen LogP contribution < -0.4 is 15.2 Å². The summed E-state index contributed by atoms with van der Waals surface area (Å²) in [7, 11) is 1.56. The van der Waals surface area contributed by atoms with Gasteiger partial charge in [-0.15, -0.1) is 0 Å². The van der Waals surface area contributed by atoms with Crippen LogP contribution in [0.4, 0.5) is 5.69 Å². The molecule has 0 amide bonds. The number of nitrogens with two attached hydrogens (primary N) is 1. The highest BCUT2D eigenvalue weighted by molar-refractivity contribution is 5.96. The second-order valence-corrected chi connectivity index (χ2v) is 4.08. The average Bonchev–Trinajstić information content (AvgIpc) is 2.50. The SMILES string of the molecule is CCOC(=O)c1ccnc(Oc2cccc(OC)c2)c1N.